The van der Waals surface area contributed by atoms with Crippen LogP contribution in [0.2, 0.25) is 0 Å². The zero-order valence-corrected chi connectivity index (χ0v) is 13.7. The van der Waals surface area contributed by atoms with Crippen molar-refractivity contribution < 1.29 is 4.74 Å². The zero-order chi connectivity index (χ0) is 17.7. The van der Waals surface area contributed by atoms with E-state index in [2.05, 4.69) is 16.0 Å². The van der Waals surface area contributed by atoms with Gasteiger partial charge in [-0.15, -0.1) is 0 Å². The quantitative estimate of drug-likeness (QED) is 0.550. The van der Waals surface area contributed by atoms with Crippen LogP contribution in [0.15, 0.2) is 72.4 Å². The number of nitrogens with two attached hydrogens (primary N) is 1. The molecular formula is C21H14N4O. The number of fused-ring (bicyclic) bond motifs is 4. The predicted octanol–water partition coefficient (Wildman–Crippen LogP) is 3.93. The highest BCUT2D eigenvalue weighted by Crippen LogP contribution is 2.46. The molecule has 1 aliphatic rings. The molecule has 0 bridgehead atoms. The first-order valence-corrected chi connectivity index (χ1v) is 8.29. The Bertz CT molecular complexity index is 1250. The van der Waals surface area contributed by atoms with E-state index in [9.17, 15) is 5.26 Å². The van der Waals surface area contributed by atoms with Crippen LogP contribution in [0.4, 0.5) is 0 Å². The Kier molecular flexibility index (Phi) is 3.00. The maximum Gasteiger partial charge on any atom is 0.205 e. The van der Waals surface area contributed by atoms with Gasteiger partial charge in [0.15, 0.2) is 5.75 Å². The number of aromatic amines is 1. The van der Waals surface area contributed by atoms with E-state index in [1.165, 1.54) is 0 Å². The molecule has 1 unspecified atom stereocenters. The minimum Gasteiger partial charge on any atom is -0.438 e. The summed E-state index contributed by atoms with van der Waals surface area (Å²) in [5.41, 5.74) is 10.2. The second-order valence-electron chi connectivity index (χ2n) is 6.27. The molecule has 5 heteroatoms. The number of allylic oxidation sites excluding steroid dienone is 1. The fourth-order valence-corrected chi connectivity index (χ4v) is 3.71. The molecular weight excluding hydrogens is 324 g/mol. The summed E-state index contributed by atoms with van der Waals surface area (Å²) in [6.07, 6.45) is 3.67. The molecule has 3 N–H and O–H groups in total. The van der Waals surface area contributed by atoms with Gasteiger partial charge in [-0.05, 0) is 17.7 Å². The van der Waals surface area contributed by atoms with Crippen molar-refractivity contribution in [1.29, 1.82) is 5.26 Å². The Morgan fingerprint density at radius 2 is 1.96 bits per heavy atom. The van der Waals surface area contributed by atoms with Crippen molar-refractivity contribution in [1.82, 2.24) is 9.97 Å². The highest BCUT2D eigenvalue weighted by molar-refractivity contribution is 5.89. The van der Waals surface area contributed by atoms with Crippen molar-refractivity contribution >= 4 is 21.8 Å². The van der Waals surface area contributed by atoms with E-state index in [1.807, 2.05) is 54.7 Å². The van der Waals surface area contributed by atoms with Gasteiger partial charge < -0.3 is 15.5 Å². The van der Waals surface area contributed by atoms with Gasteiger partial charge in [0.05, 0.1) is 5.92 Å². The second kappa shape index (κ2) is 5.36. The third kappa shape index (κ3) is 1.93. The fourth-order valence-electron chi connectivity index (χ4n) is 3.71. The summed E-state index contributed by atoms with van der Waals surface area (Å²) in [5, 5.41) is 11.8. The molecule has 1 aliphatic heterocycles. The van der Waals surface area contributed by atoms with Gasteiger partial charge >= 0.3 is 0 Å². The smallest absolute Gasteiger partial charge is 0.205 e. The lowest BCUT2D eigenvalue weighted by molar-refractivity contribution is 0.398. The highest BCUT2D eigenvalue weighted by atomic mass is 16.5. The van der Waals surface area contributed by atoms with Crippen molar-refractivity contribution in [3.63, 3.8) is 0 Å². The largest absolute Gasteiger partial charge is 0.438 e. The minimum atomic E-state index is -0.300. The van der Waals surface area contributed by atoms with Crippen LogP contribution in [0, 0.1) is 11.3 Å². The van der Waals surface area contributed by atoms with Crippen molar-refractivity contribution in [2.45, 2.75) is 5.92 Å². The monoisotopic (exact) mass is 338 g/mol. The number of benzene rings is 2. The normalized spacial score (nSPS) is 16.3. The van der Waals surface area contributed by atoms with Gasteiger partial charge in [0.2, 0.25) is 5.88 Å². The van der Waals surface area contributed by atoms with Crippen LogP contribution in [0.25, 0.3) is 21.8 Å². The molecule has 4 aromatic rings. The molecule has 0 fully saturated rings. The third-order valence-corrected chi connectivity index (χ3v) is 4.89. The number of aromatic nitrogens is 2. The standard InChI is InChI=1S/C21H14N4O/c22-10-15-18(16-11-25-17-6-2-1-5-13(16)17)14-8-7-12-4-3-9-24-19(12)20(14)26-21(15)23/h1-9,11,18,25H,23H2. The molecule has 0 saturated heterocycles. The van der Waals surface area contributed by atoms with Gasteiger partial charge in [-0.2, -0.15) is 5.26 Å². The number of nitrogens with zero attached hydrogens (tertiary/aromatic N) is 2. The van der Waals surface area contributed by atoms with Gasteiger partial charge in [0.25, 0.3) is 0 Å². The van der Waals surface area contributed by atoms with Crippen LogP contribution in [-0.4, -0.2) is 9.97 Å². The Balaban J connectivity index is 1.84. The Morgan fingerprint density at radius 3 is 2.85 bits per heavy atom. The molecule has 124 valence electrons. The molecule has 2 aromatic carbocycles. The summed E-state index contributed by atoms with van der Waals surface area (Å²) in [6.45, 7) is 0. The number of H-pyrrole nitrogens is 1. The fraction of sp³-hybridized carbons (Fsp3) is 0.0476. The van der Waals surface area contributed by atoms with Crippen molar-refractivity contribution in [2.24, 2.45) is 5.73 Å². The number of nitriles is 1. The Labute approximate surface area is 149 Å². The topological polar surface area (TPSA) is 87.7 Å². The Morgan fingerprint density at radius 1 is 1.08 bits per heavy atom. The van der Waals surface area contributed by atoms with E-state index >= 15 is 0 Å². The molecule has 0 aliphatic carbocycles. The molecule has 5 nitrogen and oxygen atoms in total. The molecule has 5 rings (SSSR count). The molecule has 0 saturated carbocycles. The lowest BCUT2D eigenvalue weighted by Crippen LogP contribution is -2.21. The van der Waals surface area contributed by atoms with Gasteiger partial charge in [-0.25, -0.2) is 0 Å². The van der Waals surface area contributed by atoms with Crippen molar-refractivity contribution in [3.8, 4) is 11.8 Å². The van der Waals surface area contributed by atoms with E-state index < -0.39 is 0 Å². The van der Waals surface area contributed by atoms with Crippen LogP contribution >= 0.6 is 0 Å². The molecule has 3 heterocycles. The summed E-state index contributed by atoms with van der Waals surface area (Å²) in [4.78, 5) is 7.75. The van der Waals surface area contributed by atoms with E-state index in [-0.39, 0.29) is 11.8 Å². The molecule has 2 aromatic heterocycles. The van der Waals surface area contributed by atoms with Gasteiger partial charge in [-0.1, -0.05) is 36.4 Å². The summed E-state index contributed by atoms with van der Waals surface area (Å²) >= 11 is 0. The predicted molar refractivity (Wildman–Crippen MR) is 99.3 cm³/mol. The van der Waals surface area contributed by atoms with Gasteiger partial charge in [0, 0.05) is 34.2 Å². The highest BCUT2D eigenvalue weighted by Gasteiger charge is 2.33. The molecule has 0 spiro atoms. The number of nitrogens with one attached hydrogen (secondary N) is 1. The van der Waals surface area contributed by atoms with Gasteiger partial charge in [0.1, 0.15) is 17.2 Å². The van der Waals surface area contributed by atoms with E-state index in [0.29, 0.717) is 11.3 Å². The van der Waals surface area contributed by atoms with E-state index in [0.717, 1.165) is 32.9 Å². The second-order valence-corrected chi connectivity index (χ2v) is 6.27. The average Bonchev–Trinajstić information content (AvgIpc) is 3.10. The summed E-state index contributed by atoms with van der Waals surface area (Å²) in [7, 11) is 0. The first kappa shape index (κ1) is 14.6. The first-order chi connectivity index (χ1) is 12.8. The van der Waals surface area contributed by atoms with Crippen molar-refractivity contribution in [2.75, 3.05) is 0 Å². The number of rotatable bonds is 1. The zero-order valence-electron chi connectivity index (χ0n) is 13.7. The summed E-state index contributed by atoms with van der Waals surface area (Å²) in [6, 6.07) is 18.1. The number of pyridine rings is 1. The van der Waals surface area contributed by atoms with Crippen LogP contribution in [-0.2, 0) is 0 Å². The maximum absolute atomic E-state index is 9.75. The van der Waals surface area contributed by atoms with Crippen LogP contribution in [0.5, 0.6) is 5.75 Å². The molecule has 26 heavy (non-hydrogen) atoms. The lowest BCUT2D eigenvalue weighted by Gasteiger charge is -2.26. The SMILES string of the molecule is N#CC1=C(N)Oc2c(ccc3cccnc23)C1c1c[nH]c2ccccc12. The van der Waals surface area contributed by atoms with Gasteiger partial charge in [-0.3, -0.25) is 4.98 Å². The average molecular weight is 338 g/mol. The number of hydrogen-bond acceptors (Lipinski definition) is 4. The summed E-state index contributed by atoms with van der Waals surface area (Å²) in [5.74, 6) is 0.453. The van der Waals surface area contributed by atoms with E-state index in [1.54, 1.807) is 6.20 Å². The number of ether oxygens (including phenoxy) is 1. The molecule has 0 amide bonds. The van der Waals surface area contributed by atoms with Crippen LogP contribution < -0.4 is 10.5 Å². The lowest BCUT2D eigenvalue weighted by atomic mass is 9.83. The molecule has 0 radical (unpaired) electrons. The van der Waals surface area contributed by atoms with Crippen molar-refractivity contribution in [3.05, 3.63) is 83.5 Å². The van der Waals surface area contributed by atoms with E-state index in [4.69, 9.17) is 10.5 Å². The number of hydrogen-bond donors (Lipinski definition) is 2. The number of para-hydroxylation sites is 1. The Hall–Kier alpha value is -3.78. The minimum absolute atomic E-state index is 0.133. The van der Waals surface area contributed by atoms with Crippen LogP contribution in [0.3, 0.4) is 0 Å². The maximum atomic E-state index is 9.75. The third-order valence-electron chi connectivity index (χ3n) is 4.89. The van der Waals surface area contributed by atoms with Crippen LogP contribution in [0.1, 0.15) is 17.0 Å². The first-order valence-electron chi connectivity index (χ1n) is 8.29. The molecule has 1 atom stereocenters. The summed E-state index contributed by atoms with van der Waals surface area (Å²) < 4.78 is 5.85.